The lowest BCUT2D eigenvalue weighted by molar-refractivity contribution is -0.131. The molecule has 0 bridgehead atoms. The molecule has 0 aromatic rings. The highest BCUT2D eigenvalue weighted by atomic mass is 16.2. The summed E-state index contributed by atoms with van der Waals surface area (Å²) in [5.41, 5.74) is 11.5. The van der Waals surface area contributed by atoms with Crippen molar-refractivity contribution in [2.75, 3.05) is 6.54 Å². The van der Waals surface area contributed by atoms with Crippen LogP contribution in [-0.4, -0.2) is 34.5 Å². The Labute approximate surface area is 98.3 Å². The van der Waals surface area contributed by atoms with Crippen LogP contribution in [0.3, 0.4) is 0 Å². The number of amides is 1. The highest BCUT2D eigenvalue weighted by molar-refractivity contribution is 5.78. The molecule has 0 aromatic heterocycles. The van der Waals surface area contributed by atoms with Crippen molar-refractivity contribution in [2.45, 2.75) is 64.1 Å². The summed E-state index contributed by atoms with van der Waals surface area (Å²) >= 11 is 0. The maximum absolute atomic E-state index is 11.8. The number of rotatable bonds is 4. The third-order valence-electron chi connectivity index (χ3n) is 3.06. The molecule has 1 heterocycles. The fraction of sp³-hybridized carbons (Fsp3) is 0.917. The molecule has 1 fully saturated rings. The molecule has 16 heavy (non-hydrogen) atoms. The zero-order chi connectivity index (χ0) is 12.6. The lowest BCUT2D eigenvalue weighted by Gasteiger charge is -2.41. The van der Waals surface area contributed by atoms with Crippen molar-refractivity contribution in [2.24, 2.45) is 11.5 Å². The van der Waals surface area contributed by atoms with Crippen LogP contribution in [0.1, 0.15) is 47.0 Å². The minimum Gasteiger partial charge on any atom is -0.338 e. The summed E-state index contributed by atoms with van der Waals surface area (Å²) in [6.45, 7) is 8.71. The van der Waals surface area contributed by atoms with Crippen LogP contribution in [0.2, 0.25) is 0 Å². The van der Waals surface area contributed by atoms with Crippen molar-refractivity contribution in [3.63, 3.8) is 0 Å². The number of hydrogen-bond acceptors (Lipinski definition) is 3. The largest absolute Gasteiger partial charge is 0.338 e. The van der Waals surface area contributed by atoms with Crippen molar-refractivity contribution in [1.29, 1.82) is 0 Å². The van der Waals surface area contributed by atoms with Crippen LogP contribution < -0.4 is 11.5 Å². The molecule has 94 valence electrons. The van der Waals surface area contributed by atoms with E-state index in [4.69, 9.17) is 11.5 Å². The van der Waals surface area contributed by atoms with Gasteiger partial charge in [0.1, 0.15) is 0 Å². The summed E-state index contributed by atoms with van der Waals surface area (Å²) in [5.74, 6) is 0.216. The SMILES string of the molecule is CC(C)(N)CC(N1CCCC1=O)C(C)(C)N. The zero-order valence-corrected chi connectivity index (χ0v) is 10.9. The van der Waals surface area contributed by atoms with Crippen molar-refractivity contribution in [3.8, 4) is 0 Å². The molecule has 1 saturated heterocycles. The van der Waals surface area contributed by atoms with Crippen molar-refractivity contribution in [1.82, 2.24) is 4.90 Å². The van der Waals surface area contributed by atoms with E-state index in [2.05, 4.69) is 0 Å². The summed E-state index contributed by atoms with van der Waals surface area (Å²) < 4.78 is 0. The topological polar surface area (TPSA) is 72.3 Å². The van der Waals surface area contributed by atoms with Gasteiger partial charge < -0.3 is 16.4 Å². The first-order chi connectivity index (χ1) is 7.11. The fourth-order valence-corrected chi connectivity index (χ4v) is 2.27. The second-order valence-electron chi connectivity index (χ2n) is 6.22. The molecule has 0 spiro atoms. The maximum atomic E-state index is 11.8. The Hall–Kier alpha value is -0.610. The summed E-state index contributed by atoms with van der Waals surface area (Å²) in [6.07, 6.45) is 2.33. The quantitative estimate of drug-likeness (QED) is 0.747. The molecule has 1 unspecified atom stereocenters. The van der Waals surface area contributed by atoms with E-state index < -0.39 is 5.54 Å². The fourth-order valence-electron chi connectivity index (χ4n) is 2.27. The summed E-state index contributed by atoms with van der Waals surface area (Å²) in [7, 11) is 0. The van der Waals surface area contributed by atoms with Crippen LogP contribution in [0, 0.1) is 0 Å². The molecule has 4 nitrogen and oxygen atoms in total. The first-order valence-electron chi connectivity index (χ1n) is 5.98. The Kier molecular flexibility index (Phi) is 3.65. The highest BCUT2D eigenvalue weighted by Gasteiger charge is 2.38. The van der Waals surface area contributed by atoms with E-state index in [-0.39, 0.29) is 17.5 Å². The molecule has 1 atom stereocenters. The average molecular weight is 227 g/mol. The minimum absolute atomic E-state index is 0.0301. The molecule has 0 radical (unpaired) electrons. The maximum Gasteiger partial charge on any atom is 0.222 e. The first-order valence-corrected chi connectivity index (χ1v) is 5.98. The van der Waals surface area contributed by atoms with Crippen LogP contribution in [0.15, 0.2) is 0 Å². The van der Waals surface area contributed by atoms with Crippen LogP contribution in [0.5, 0.6) is 0 Å². The summed E-state index contributed by atoms with van der Waals surface area (Å²) in [6, 6.07) is 0.0301. The molecule has 1 aliphatic heterocycles. The Morgan fingerprint density at radius 3 is 2.19 bits per heavy atom. The van der Waals surface area contributed by atoms with E-state index in [9.17, 15) is 4.79 Å². The lowest BCUT2D eigenvalue weighted by atomic mass is 9.84. The summed E-state index contributed by atoms with van der Waals surface area (Å²) in [5, 5.41) is 0. The van der Waals surface area contributed by atoms with Gasteiger partial charge in [0.2, 0.25) is 5.91 Å². The highest BCUT2D eigenvalue weighted by Crippen LogP contribution is 2.26. The zero-order valence-electron chi connectivity index (χ0n) is 10.9. The monoisotopic (exact) mass is 227 g/mol. The van der Waals surface area contributed by atoms with Gasteiger partial charge in [-0.05, 0) is 40.5 Å². The average Bonchev–Trinajstić information content (AvgIpc) is 2.43. The Balaban J connectivity index is 2.83. The molecule has 0 saturated carbocycles. The van der Waals surface area contributed by atoms with E-state index in [1.165, 1.54) is 0 Å². The van der Waals surface area contributed by atoms with Crippen molar-refractivity contribution < 1.29 is 4.79 Å². The van der Waals surface area contributed by atoms with Gasteiger partial charge in [0.05, 0.1) is 6.04 Å². The van der Waals surface area contributed by atoms with Gasteiger partial charge in [0.15, 0.2) is 0 Å². The molecule has 0 aromatic carbocycles. The number of nitrogens with two attached hydrogens (primary N) is 2. The third kappa shape index (κ3) is 3.46. The van der Waals surface area contributed by atoms with E-state index in [1.54, 1.807) is 0 Å². The Bertz CT molecular complexity index is 262. The van der Waals surface area contributed by atoms with E-state index in [0.29, 0.717) is 6.42 Å². The Morgan fingerprint density at radius 2 is 1.88 bits per heavy atom. The molecular weight excluding hydrogens is 202 g/mol. The van der Waals surface area contributed by atoms with Gasteiger partial charge in [0, 0.05) is 24.0 Å². The van der Waals surface area contributed by atoms with Crippen molar-refractivity contribution in [3.05, 3.63) is 0 Å². The van der Waals surface area contributed by atoms with E-state index >= 15 is 0 Å². The molecule has 1 aliphatic rings. The second kappa shape index (κ2) is 4.34. The van der Waals surface area contributed by atoms with E-state index in [1.807, 2.05) is 32.6 Å². The van der Waals surface area contributed by atoms with Gasteiger partial charge in [0.25, 0.3) is 0 Å². The number of hydrogen-bond donors (Lipinski definition) is 2. The first kappa shape index (κ1) is 13.5. The Morgan fingerprint density at radius 1 is 1.31 bits per heavy atom. The molecular formula is C12H25N3O. The smallest absolute Gasteiger partial charge is 0.222 e. The number of likely N-dealkylation sites (tertiary alicyclic amines) is 1. The van der Waals surface area contributed by atoms with Gasteiger partial charge in [-0.25, -0.2) is 0 Å². The van der Waals surface area contributed by atoms with Gasteiger partial charge in [-0.15, -0.1) is 0 Å². The van der Waals surface area contributed by atoms with Crippen LogP contribution in [0.25, 0.3) is 0 Å². The third-order valence-corrected chi connectivity index (χ3v) is 3.06. The molecule has 4 N–H and O–H groups in total. The van der Waals surface area contributed by atoms with Gasteiger partial charge in [-0.2, -0.15) is 0 Å². The minimum atomic E-state index is -0.406. The van der Waals surface area contributed by atoms with Crippen LogP contribution in [-0.2, 0) is 4.79 Å². The van der Waals surface area contributed by atoms with Crippen LogP contribution >= 0.6 is 0 Å². The van der Waals surface area contributed by atoms with Crippen LogP contribution in [0.4, 0.5) is 0 Å². The predicted octanol–water partition coefficient (Wildman–Crippen LogP) is 0.842. The number of carbonyl (C=O) groups is 1. The number of nitrogens with zero attached hydrogens (tertiary/aromatic N) is 1. The molecule has 1 rings (SSSR count). The predicted molar refractivity (Wildman–Crippen MR) is 65.9 cm³/mol. The standard InChI is InChI=1S/C12H25N3O/c1-11(2,13)8-9(12(3,4)14)15-7-5-6-10(15)16/h9H,5-8,13-14H2,1-4H3. The molecule has 4 heteroatoms. The van der Waals surface area contributed by atoms with Gasteiger partial charge in [-0.1, -0.05) is 0 Å². The second-order valence-corrected chi connectivity index (χ2v) is 6.22. The normalized spacial score (nSPS) is 20.4. The molecule has 1 amide bonds. The van der Waals surface area contributed by atoms with E-state index in [0.717, 1.165) is 19.4 Å². The lowest BCUT2D eigenvalue weighted by Crippen LogP contribution is -2.58. The van der Waals surface area contributed by atoms with Crippen molar-refractivity contribution >= 4 is 5.91 Å². The molecule has 0 aliphatic carbocycles. The summed E-state index contributed by atoms with van der Waals surface area (Å²) in [4.78, 5) is 13.7. The van der Waals surface area contributed by atoms with Gasteiger partial charge >= 0.3 is 0 Å². The number of carbonyl (C=O) groups excluding carboxylic acids is 1. The van der Waals surface area contributed by atoms with Gasteiger partial charge in [-0.3, -0.25) is 4.79 Å².